The maximum absolute atomic E-state index is 9.11. The van der Waals surface area contributed by atoms with E-state index in [1.54, 1.807) is 41.3 Å². The first-order valence-corrected chi connectivity index (χ1v) is 4.97. The number of rotatable bonds is 4. The molecule has 0 unspecified atom stereocenters. The van der Waals surface area contributed by atoms with E-state index in [1.807, 2.05) is 0 Å². The van der Waals surface area contributed by atoms with Gasteiger partial charge in [0.05, 0.1) is 18.9 Å². The smallest absolute Gasteiger partial charge is 0.165 e. The van der Waals surface area contributed by atoms with Crippen LogP contribution in [0.25, 0.3) is 0 Å². The molecule has 0 aliphatic carbocycles. The van der Waals surface area contributed by atoms with Crippen molar-refractivity contribution in [2.75, 3.05) is 6.54 Å². The summed E-state index contributed by atoms with van der Waals surface area (Å²) in [5.74, 6) is 1.52. The minimum atomic E-state index is 0.214. The van der Waals surface area contributed by atoms with Crippen molar-refractivity contribution >= 4 is 0 Å². The van der Waals surface area contributed by atoms with Crippen molar-refractivity contribution in [3.63, 3.8) is 0 Å². The van der Waals surface area contributed by atoms with Gasteiger partial charge >= 0.3 is 0 Å². The summed E-state index contributed by atoms with van der Waals surface area (Å²) in [4.78, 5) is 0. The van der Waals surface area contributed by atoms with Crippen LogP contribution in [0.3, 0.4) is 0 Å². The fourth-order valence-electron chi connectivity index (χ4n) is 1.30. The maximum atomic E-state index is 9.11. The quantitative estimate of drug-likeness (QED) is 0.813. The highest BCUT2D eigenvalue weighted by Gasteiger charge is 2.00. The number of ether oxygens (including phenoxy) is 1. The molecule has 0 aliphatic heterocycles. The first kappa shape index (κ1) is 10.5. The highest BCUT2D eigenvalue weighted by Crippen LogP contribution is 2.22. The minimum absolute atomic E-state index is 0.214. The molecule has 0 spiro atoms. The van der Waals surface area contributed by atoms with Gasteiger partial charge in [0.15, 0.2) is 5.75 Å². The van der Waals surface area contributed by atoms with Crippen molar-refractivity contribution in [1.82, 2.24) is 9.78 Å². The topological polar surface area (TPSA) is 73.3 Å². The molecule has 16 heavy (non-hydrogen) atoms. The Kier molecular flexibility index (Phi) is 3.07. The molecular weight excluding hydrogens is 206 g/mol. The van der Waals surface area contributed by atoms with Gasteiger partial charge in [0.1, 0.15) is 11.5 Å². The molecule has 0 bridgehead atoms. The average molecular weight is 219 g/mol. The van der Waals surface area contributed by atoms with E-state index in [0.29, 0.717) is 24.6 Å². The molecule has 0 atom stereocenters. The predicted octanol–water partition coefficient (Wildman–Crippen LogP) is 1.34. The van der Waals surface area contributed by atoms with Crippen LogP contribution in [0.2, 0.25) is 0 Å². The number of phenolic OH excluding ortho intramolecular Hbond substituents is 1. The van der Waals surface area contributed by atoms with Gasteiger partial charge in [-0.3, -0.25) is 4.68 Å². The lowest BCUT2D eigenvalue weighted by Gasteiger charge is -2.02. The van der Waals surface area contributed by atoms with Crippen LogP contribution in [0.15, 0.2) is 36.7 Å². The van der Waals surface area contributed by atoms with Crippen LogP contribution in [0.4, 0.5) is 0 Å². The van der Waals surface area contributed by atoms with Gasteiger partial charge in [-0.05, 0) is 24.3 Å². The van der Waals surface area contributed by atoms with E-state index in [4.69, 9.17) is 15.6 Å². The lowest BCUT2D eigenvalue weighted by atomic mass is 10.3. The second kappa shape index (κ2) is 4.67. The summed E-state index contributed by atoms with van der Waals surface area (Å²) in [6, 6.07) is 6.52. The van der Waals surface area contributed by atoms with Crippen LogP contribution in [0.5, 0.6) is 17.2 Å². The van der Waals surface area contributed by atoms with Crippen molar-refractivity contribution in [3.8, 4) is 17.2 Å². The Morgan fingerprint density at radius 3 is 2.69 bits per heavy atom. The summed E-state index contributed by atoms with van der Waals surface area (Å²) in [5.41, 5.74) is 5.41. The van der Waals surface area contributed by atoms with E-state index >= 15 is 0 Å². The fraction of sp³-hybridized carbons (Fsp3) is 0.182. The van der Waals surface area contributed by atoms with Gasteiger partial charge in [-0.1, -0.05) is 0 Å². The van der Waals surface area contributed by atoms with Crippen LogP contribution >= 0.6 is 0 Å². The minimum Gasteiger partial charge on any atom is -0.508 e. The fourth-order valence-corrected chi connectivity index (χ4v) is 1.30. The Morgan fingerprint density at radius 2 is 2.00 bits per heavy atom. The zero-order chi connectivity index (χ0) is 11.4. The van der Waals surface area contributed by atoms with Gasteiger partial charge in [-0.15, -0.1) is 0 Å². The van der Waals surface area contributed by atoms with E-state index in [1.165, 1.54) is 0 Å². The molecule has 84 valence electrons. The lowest BCUT2D eigenvalue weighted by molar-refractivity contribution is 0.464. The molecule has 0 radical (unpaired) electrons. The summed E-state index contributed by atoms with van der Waals surface area (Å²) in [5, 5.41) is 13.2. The number of nitrogens with two attached hydrogens (primary N) is 1. The molecule has 0 amide bonds. The van der Waals surface area contributed by atoms with Crippen molar-refractivity contribution < 1.29 is 9.84 Å². The Bertz CT molecular complexity index is 451. The van der Waals surface area contributed by atoms with E-state index in [9.17, 15) is 0 Å². The number of aromatic nitrogens is 2. The molecule has 1 heterocycles. The van der Waals surface area contributed by atoms with Crippen LogP contribution in [0, 0.1) is 0 Å². The van der Waals surface area contributed by atoms with Crippen LogP contribution < -0.4 is 10.5 Å². The molecule has 5 nitrogen and oxygen atoms in total. The second-order valence-corrected chi connectivity index (χ2v) is 3.32. The molecule has 2 aromatic rings. The first-order chi connectivity index (χ1) is 7.78. The highest BCUT2D eigenvalue weighted by molar-refractivity contribution is 5.33. The molecule has 0 fully saturated rings. The number of nitrogens with zero attached hydrogens (tertiary/aromatic N) is 2. The van der Waals surface area contributed by atoms with Gasteiger partial charge in [-0.2, -0.15) is 5.10 Å². The second-order valence-electron chi connectivity index (χ2n) is 3.32. The number of hydrogen-bond acceptors (Lipinski definition) is 4. The van der Waals surface area contributed by atoms with Crippen LogP contribution in [0.1, 0.15) is 0 Å². The third kappa shape index (κ3) is 2.52. The largest absolute Gasteiger partial charge is 0.508 e. The Hall–Kier alpha value is -2.01. The molecule has 0 saturated carbocycles. The van der Waals surface area contributed by atoms with Gasteiger partial charge < -0.3 is 15.6 Å². The first-order valence-electron chi connectivity index (χ1n) is 4.97. The van der Waals surface area contributed by atoms with Crippen LogP contribution in [-0.4, -0.2) is 21.4 Å². The lowest BCUT2D eigenvalue weighted by Crippen LogP contribution is -2.09. The summed E-state index contributed by atoms with van der Waals surface area (Å²) in [6.07, 6.45) is 3.40. The Balaban J connectivity index is 2.05. The molecule has 5 heteroatoms. The van der Waals surface area contributed by atoms with Gasteiger partial charge in [0, 0.05) is 6.54 Å². The Morgan fingerprint density at radius 1 is 1.25 bits per heavy atom. The van der Waals surface area contributed by atoms with Crippen molar-refractivity contribution in [2.24, 2.45) is 5.73 Å². The SMILES string of the molecule is NCCn1cc(Oc2ccc(O)cc2)cn1. The van der Waals surface area contributed by atoms with Crippen molar-refractivity contribution in [3.05, 3.63) is 36.7 Å². The van der Waals surface area contributed by atoms with E-state index in [-0.39, 0.29) is 5.75 Å². The van der Waals surface area contributed by atoms with Gasteiger partial charge in [0.2, 0.25) is 0 Å². The summed E-state index contributed by atoms with van der Waals surface area (Å²) >= 11 is 0. The average Bonchev–Trinajstić information content (AvgIpc) is 2.70. The molecule has 0 aliphatic rings. The maximum Gasteiger partial charge on any atom is 0.165 e. The third-order valence-electron chi connectivity index (χ3n) is 2.04. The molecule has 1 aromatic heterocycles. The number of hydrogen-bond donors (Lipinski definition) is 2. The van der Waals surface area contributed by atoms with Gasteiger partial charge in [0.25, 0.3) is 0 Å². The van der Waals surface area contributed by atoms with E-state index in [2.05, 4.69) is 5.10 Å². The normalized spacial score (nSPS) is 10.3. The van der Waals surface area contributed by atoms with E-state index < -0.39 is 0 Å². The predicted molar refractivity (Wildman–Crippen MR) is 59.5 cm³/mol. The molecule has 2 rings (SSSR count). The standard InChI is InChI=1S/C11H13N3O2/c12-5-6-14-8-11(7-13-14)16-10-3-1-9(15)2-4-10/h1-4,7-8,15H,5-6,12H2. The molecule has 1 aromatic carbocycles. The zero-order valence-corrected chi connectivity index (χ0v) is 8.71. The zero-order valence-electron chi connectivity index (χ0n) is 8.71. The highest BCUT2D eigenvalue weighted by atomic mass is 16.5. The Labute approximate surface area is 93.1 Å². The summed E-state index contributed by atoms with van der Waals surface area (Å²) in [6.45, 7) is 1.21. The monoisotopic (exact) mass is 219 g/mol. The van der Waals surface area contributed by atoms with Crippen molar-refractivity contribution in [2.45, 2.75) is 6.54 Å². The number of aromatic hydroxyl groups is 1. The van der Waals surface area contributed by atoms with Crippen molar-refractivity contribution in [1.29, 1.82) is 0 Å². The summed E-state index contributed by atoms with van der Waals surface area (Å²) < 4.78 is 7.24. The molecular formula is C11H13N3O2. The van der Waals surface area contributed by atoms with Crippen LogP contribution in [-0.2, 0) is 6.54 Å². The van der Waals surface area contributed by atoms with E-state index in [0.717, 1.165) is 0 Å². The van der Waals surface area contributed by atoms with Gasteiger partial charge in [-0.25, -0.2) is 0 Å². The molecule has 3 N–H and O–H groups in total. The summed E-state index contributed by atoms with van der Waals surface area (Å²) in [7, 11) is 0. The number of phenols is 1. The third-order valence-corrected chi connectivity index (χ3v) is 2.04. The molecule has 0 saturated heterocycles. The number of benzene rings is 1.